The van der Waals surface area contributed by atoms with E-state index in [1.54, 1.807) is 0 Å². The van der Waals surface area contributed by atoms with E-state index in [4.69, 9.17) is 4.74 Å². The van der Waals surface area contributed by atoms with Crippen molar-refractivity contribution in [3.8, 4) is 17.6 Å². The Hall–Kier alpha value is -3.65. The van der Waals surface area contributed by atoms with Gasteiger partial charge >= 0.3 is 11.9 Å². The summed E-state index contributed by atoms with van der Waals surface area (Å²) in [6.45, 7) is 0. The molecule has 0 atom stereocenters. The lowest BCUT2D eigenvalue weighted by Gasteiger charge is -2.05. The van der Waals surface area contributed by atoms with Crippen LogP contribution in [0, 0.1) is 21.4 Å². The molecular formula is C18H10F3N3O4S. The minimum atomic E-state index is -4.52. The summed E-state index contributed by atoms with van der Waals surface area (Å²) in [5.74, 6) is -0.824. The smallest absolute Gasteiger partial charge is 0.416 e. The molecule has 7 nitrogen and oxygen atoms in total. The highest BCUT2D eigenvalue weighted by Gasteiger charge is 2.31. The van der Waals surface area contributed by atoms with Crippen LogP contribution in [0.4, 0.5) is 18.9 Å². The summed E-state index contributed by atoms with van der Waals surface area (Å²) < 4.78 is 44.0. The van der Waals surface area contributed by atoms with Crippen LogP contribution in [0.1, 0.15) is 16.1 Å². The summed E-state index contributed by atoms with van der Waals surface area (Å²) in [6.07, 6.45) is -3.25. The van der Waals surface area contributed by atoms with Gasteiger partial charge in [0.25, 0.3) is 0 Å². The van der Waals surface area contributed by atoms with Gasteiger partial charge in [-0.3, -0.25) is 10.1 Å². The monoisotopic (exact) mass is 421 g/mol. The highest BCUT2D eigenvalue weighted by atomic mass is 32.1. The van der Waals surface area contributed by atoms with E-state index in [1.165, 1.54) is 25.3 Å². The van der Waals surface area contributed by atoms with E-state index in [0.717, 1.165) is 29.5 Å². The number of methoxy groups -OCH3 is 1. The Morgan fingerprint density at radius 3 is 2.69 bits per heavy atom. The Balaban J connectivity index is 2.10. The molecule has 0 unspecified atom stereocenters. The number of nitriles is 1. The number of nitrogens with zero attached hydrogens (tertiary/aromatic N) is 3. The van der Waals surface area contributed by atoms with Crippen molar-refractivity contribution < 1.29 is 27.9 Å². The third-order valence-electron chi connectivity index (χ3n) is 3.87. The molecule has 0 bridgehead atoms. The lowest BCUT2D eigenvalue weighted by molar-refractivity contribution is -0.386. The van der Waals surface area contributed by atoms with Gasteiger partial charge in [0.2, 0.25) is 5.75 Å². The Labute approximate surface area is 165 Å². The number of phenolic OH excluding ortho intramolecular Hbond substituents is 1. The first kappa shape index (κ1) is 20.1. The maximum absolute atomic E-state index is 12.9. The molecule has 148 valence electrons. The summed E-state index contributed by atoms with van der Waals surface area (Å²) in [6, 6.07) is 7.30. The van der Waals surface area contributed by atoms with Crippen LogP contribution in [0.5, 0.6) is 11.5 Å². The predicted molar refractivity (Wildman–Crippen MR) is 99.4 cm³/mol. The van der Waals surface area contributed by atoms with E-state index in [9.17, 15) is 33.7 Å². The van der Waals surface area contributed by atoms with Crippen LogP contribution in [0.3, 0.4) is 0 Å². The molecular weight excluding hydrogens is 411 g/mol. The molecule has 1 heterocycles. The second-order valence-electron chi connectivity index (χ2n) is 5.72. The minimum absolute atomic E-state index is 0.0122. The second-order valence-corrected chi connectivity index (χ2v) is 6.75. The molecule has 0 radical (unpaired) electrons. The number of hydrogen-bond acceptors (Lipinski definition) is 7. The molecule has 0 spiro atoms. The summed E-state index contributed by atoms with van der Waals surface area (Å²) in [4.78, 5) is 14.4. The fourth-order valence-corrected chi connectivity index (χ4v) is 3.43. The zero-order valence-corrected chi connectivity index (χ0v) is 15.3. The number of rotatable bonds is 4. The van der Waals surface area contributed by atoms with Crippen LogP contribution in [0.25, 0.3) is 21.9 Å². The first-order valence-corrected chi connectivity index (χ1v) is 8.61. The van der Waals surface area contributed by atoms with Gasteiger partial charge in [0.05, 0.1) is 33.4 Å². The first-order chi connectivity index (χ1) is 13.6. The molecule has 0 saturated heterocycles. The van der Waals surface area contributed by atoms with Gasteiger partial charge in [-0.05, 0) is 35.9 Å². The van der Waals surface area contributed by atoms with Gasteiger partial charge < -0.3 is 9.84 Å². The van der Waals surface area contributed by atoms with Crippen molar-refractivity contribution in [2.45, 2.75) is 6.18 Å². The Bertz CT molecular complexity index is 1200. The van der Waals surface area contributed by atoms with Gasteiger partial charge in [0, 0.05) is 6.07 Å². The molecule has 29 heavy (non-hydrogen) atoms. The number of hydrogen-bond donors (Lipinski definition) is 1. The standard InChI is InChI=1S/C18H10F3N3O4S/c1-28-14-6-9(5-13(16(14)25)24(26)27)4-10(8-22)17-23-12-7-11(18(19,20)21)2-3-15(12)29-17/h2-7,25H,1H3/b10-4+. The Morgan fingerprint density at radius 2 is 2.10 bits per heavy atom. The maximum Gasteiger partial charge on any atom is 0.416 e. The van der Waals surface area contributed by atoms with Crippen molar-refractivity contribution in [1.29, 1.82) is 5.26 Å². The topological polar surface area (TPSA) is 109 Å². The van der Waals surface area contributed by atoms with Crippen LogP contribution >= 0.6 is 11.3 Å². The van der Waals surface area contributed by atoms with Crippen molar-refractivity contribution in [3.63, 3.8) is 0 Å². The van der Waals surface area contributed by atoms with E-state index in [2.05, 4.69) is 4.98 Å². The van der Waals surface area contributed by atoms with E-state index in [1.807, 2.05) is 6.07 Å². The van der Waals surface area contributed by atoms with E-state index >= 15 is 0 Å². The molecule has 3 rings (SSSR count). The molecule has 2 aromatic carbocycles. The number of nitro groups is 1. The van der Waals surface area contributed by atoms with Gasteiger partial charge in [0.15, 0.2) is 5.75 Å². The highest BCUT2D eigenvalue weighted by Crippen LogP contribution is 2.38. The number of ether oxygens (including phenoxy) is 1. The zero-order chi connectivity index (χ0) is 21.3. The number of phenols is 1. The SMILES string of the molecule is COc1cc(/C=C(\C#N)c2nc3cc(C(F)(F)F)ccc3s2)cc([N+](=O)[O-])c1O. The second kappa shape index (κ2) is 7.40. The van der Waals surface area contributed by atoms with Crippen LogP contribution in [-0.4, -0.2) is 22.1 Å². The third-order valence-corrected chi connectivity index (χ3v) is 4.94. The maximum atomic E-state index is 12.9. The van der Waals surface area contributed by atoms with Crippen molar-refractivity contribution in [3.05, 3.63) is 56.6 Å². The predicted octanol–water partition coefficient (Wildman–Crippen LogP) is 5.00. The molecule has 0 saturated carbocycles. The van der Waals surface area contributed by atoms with E-state index < -0.39 is 28.1 Å². The normalized spacial score (nSPS) is 12.0. The van der Waals surface area contributed by atoms with Crippen LogP contribution in [0.2, 0.25) is 0 Å². The molecule has 3 aromatic rings. The van der Waals surface area contributed by atoms with Gasteiger partial charge in [0.1, 0.15) is 11.1 Å². The number of halogens is 3. The van der Waals surface area contributed by atoms with Crippen LogP contribution in [-0.2, 0) is 6.18 Å². The van der Waals surface area contributed by atoms with Gasteiger partial charge in [-0.1, -0.05) is 0 Å². The summed E-state index contributed by atoms with van der Waals surface area (Å²) >= 11 is 1.01. The van der Waals surface area contributed by atoms with E-state index in [0.29, 0.717) is 4.70 Å². The lowest BCUT2D eigenvalue weighted by atomic mass is 10.1. The molecule has 1 N–H and O–H groups in total. The Morgan fingerprint density at radius 1 is 1.38 bits per heavy atom. The number of fused-ring (bicyclic) bond motifs is 1. The molecule has 0 aliphatic heterocycles. The average Bonchev–Trinajstić information content (AvgIpc) is 3.09. The van der Waals surface area contributed by atoms with Gasteiger partial charge in [-0.25, -0.2) is 4.98 Å². The first-order valence-electron chi connectivity index (χ1n) is 7.79. The summed E-state index contributed by atoms with van der Waals surface area (Å²) in [5, 5.41) is 30.5. The number of alkyl halides is 3. The lowest BCUT2D eigenvalue weighted by Crippen LogP contribution is -2.03. The summed E-state index contributed by atoms with van der Waals surface area (Å²) in [5.41, 5.74) is -1.23. The fraction of sp³-hybridized carbons (Fsp3) is 0.111. The highest BCUT2D eigenvalue weighted by molar-refractivity contribution is 7.19. The zero-order valence-electron chi connectivity index (χ0n) is 14.5. The van der Waals surface area contributed by atoms with Gasteiger partial charge in [-0.15, -0.1) is 11.3 Å². The van der Waals surface area contributed by atoms with Crippen LogP contribution < -0.4 is 4.74 Å². The Kier molecular flexibility index (Phi) is 5.13. The quantitative estimate of drug-likeness (QED) is 0.361. The largest absolute Gasteiger partial charge is 0.500 e. The average molecular weight is 421 g/mol. The third kappa shape index (κ3) is 3.97. The van der Waals surface area contributed by atoms with E-state index in [-0.39, 0.29) is 27.4 Å². The molecule has 0 fully saturated rings. The van der Waals surface area contributed by atoms with Crippen molar-refractivity contribution in [2.24, 2.45) is 0 Å². The number of allylic oxidation sites excluding steroid dienone is 1. The molecule has 1 aromatic heterocycles. The molecule has 0 aliphatic carbocycles. The summed E-state index contributed by atoms with van der Waals surface area (Å²) in [7, 11) is 1.21. The number of aromatic nitrogens is 1. The van der Waals surface area contributed by atoms with Crippen molar-refractivity contribution in [1.82, 2.24) is 4.98 Å². The molecule has 11 heteroatoms. The number of aromatic hydroxyl groups is 1. The molecule has 0 aliphatic rings. The minimum Gasteiger partial charge on any atom is -0.500 e. The fourth-order valence-electron chi connectivity index (χ4n) is 2.52. The number of nitro benzene ring substituents is 1. The number of thiazole rings is 1. The number of benzene rings is 2. The molecule has 0 amide bonds. The van der Waals surface area contributed by atoms with Crippen molar-refractivity contribution in [2.75, 3.05) is 7.11 Å². The van der Waals surface area contributed by atoms with Crippen molar-refractivity contribution >= 4 is 38.9 Å². The van der Waals surface area contributed by atoms with Gasteiger partial charge in [-0.2, -0.15) is 18.4 Å². The van der Waals surface area contributed by atoms with Crippen LogP contribution in [0.15, 0.2) is 30.3 Å².